The van der Waals surface area contributed by atoms with Gasteiger partial charge in [-0.15, -0.1) is 0 Å². The number of likely N-dealkylation sites (N-methyl/N-ethyl adjacent to an activating group) is 1. The molecule has 0 aliphatic rings. The minimum atomic E-state index is -3.99. The predicted molar refractivity (Wildman–Crippen MR) is 119 cm³/mol. The third kappa shape index (κ3) is 6.41. The first-order valence-corrected chi connectivity index (χ1v) is 11.8. The number of nitrogens with one attached hydrogen (secondary N) is 1. The van der Waals surface area contributed by atoms with E-state index in [1.807, 2.05) is 0 Å². The van der Waals surface area contributed by atoms with Gasteiger partial charge in [-0.05, 0) is 37.6 Å². The smallest absolute Gasteiger partial charge is 0.244 e. The lowest BCUT2D eigenvalue weighted by molar-refractivity contribution is -0.139. The van der Waals surface area contributed by atoms with E-state index < -0.39 is 40.2 Å². The van der Waals surface area contributed by atoms with E-state index in [0.29, 0.717) is 21.4 Å². The number of carbonyl (C=O) groups is 2. The number of hydrogen-bond acceptors (Lipinski definition) is 4. The Morgan fingerprint density at radius 3 is 2.32 bits per heavy atom. The second kappa shape index (κ2) is 10.6. The van der Waals surface area contributed by atoms with Crippen LogP contribution in [0.15, 0.2) is 48.5 Å². The van der Waals surface area contributed by atoms with Crippen molar-refractivity contribution in [3.8, 4) is 0 Å². The number of amides is 2. The van der Waals surface area contributed by atoms with E-state index >= 15 is 0 Å². The molecule has 7 nitrogen and oxygen atoms in total. The lowest BCUT2D eigenvalue weighted by atomic mass is 10.1. The number of para-hydroxylation sites is 1. The summed E-state index contributed by atoms with van der Waals surface area (Å²) in [5.74, 6) is -1.86. The van der Waals surface area contributed by atoms with Crippen LogP contribution >= 0.6 is 11.6 Å². The quantitative estimate of drug-likeness (QED) is 0.611. The van der Waals surface area contributed by atoms with Crippen molar-refractivity contribution in [2.24, 2.45) is 0 Å². The SMILES string of the molecule is CCNC(=O)[C@H](C)N(Cc1ccccc1Cl)C(=O)CN(c1ccccc1F)S(C)(=O)=O. The molecule has 0 saturated heterocycles. The summed E-state index contributed by atoms with van der Waals surface area (Å²) in [7, 11) is -3.99. The summed E-state index contributed by atoms with van der Waals surface area (Å²) in [4.78, 5) is 26.9. The minimum Gasteiger partial charge on any atom is -0.355 e. The van der Waals surface area contributed by atoms with Gasteiger partial charge in [0.1, 0.15) is 18.4 Å². The summed E-state index contributed by atoms with van der Waals surface area (Å²) in [6.45, 7) is 2.95. The first-order valence-electron chi connectivity index (χ1n) is 9.59. The summed E-state index contributed by atoms with van der Waals surface area (Å²) in [6.07, 6.45) is 0.887. The normalized spacial score (nSPS) is 12.2. The Bertz CT molecular complexity index is 1050. The molecule has 0 heterocycles. The standard InChI is InChI=1S/C21H25ClFN3O4S/c1-4-24-21(28)15(2)25(13-16-9-5-6-10-17(16)22)20(27)14-26(31(3,29)30)19-12-8-7-11-18(19)23/h5-12,15H,4,13-14H2,1-3H3,(H,24,28)/t15-/m0/s1. The number of carbonyl (C=O) groups excluding carboxylic acids is 2. The van der Waals surface area contributed by atoms with Crippen LogP contribution in [0.5, 0.6) is 0 Å². The van der Waals surface area contributed by atoms with Crippen LogP contribution in [0.2, 0.25) is 5.02 Å². The van der Waals surface area contributed by atoms with E-state index in [0.717, 1.165) is 12.3 Å². The maximum absolute atomic E-state index is 14.3. The van der Waals surface area contributed by atoms with Crippen LogP contribution in [0.3, 0.4) is 0 Å². The lowest BCUT2D eigenvalue weighted by Gasteiger charge is -2.31. The van der Waals surface area contributed by atoms with Gasteiger partial charge in [0.25, 0.3) is 0 Å². The zero-order chi connectivity index (χ0) is 23.2. The molecule has 2 rings (SSSR count). The molecule has 0 unspecified atom stereocenters. The summed E-state index contributed by atoms with van der Waals surface area (Å²) < 4.78 is 39.7. The van der Waals surface area contributed by atoms with Crippen LogP contribution in [0.1, 0.15) is 19.4 Å². The molecule has 31 heavy (non-hydrogen) atoms. The monoisotopic (exact) mass is 469 g/mol. The molecule has 2 aromatic rings. The molecule has 0 aliphatic carbocycles. The number of anilines is 1. The molecule has 0 aliphatic heterocycles. The molecule has 168 valence electrons. The molecule has 2 amide bonds. The molecule has 0 bridgehead atoms. The highest BCUT2D eigenvalue weighted by molar-refractivity contribution is 7.92. The minimum absolute atomic E-state index is 0.0221. The Morgan fingerprint density at radius 1 is 1.13 bits per heavy atom. The highest BCUT2D eigenvalue weighted by atomic mass is 35.5. The van der Waals surface area contributed by atoms with Crippen LogP contribution in [-0.2, 0) is 26.2 Å². The fraction of sp³-hybridized carbons (Fsp3) is 0.333. The Balaban J connectivity index is 2.41. The molecule has 0 radical (unpaired) electrons. The maximum atomic E-state index is 14.3. The van der Waals surface area contributed by atoms with Crippen LogP contribution in [0.4, 0.5) is 10.1 Å². The van der Waals surface area contributed by atoms with Crippen molar-refractivity contribution in [1.82, 2.24) is 10.2 Å². The Labute approximate surface area is 186 Å². The number of benzene rings is 2. The molecule has 0 spiro atoms. The zero-order valence-corrected chi connectivity index (χ0v) is 19.1. The molecule has 10 heteroatoms. The first kappa shape index (κ1) is 24.6. The van der Waals surface area contributed by atoms with E-state index in [1.54, 1.807) is 31.2 Å². The van der Waals surface area contributed by atoms with Crippen LogP contribution < -0.4 is 9.62 Å². The van der Waals surface area contributed by atoms with Gasteiger partial charge in [0.05, 0.1) is 11.9 Å². The van der Waals surface area contributed by atoms with Gasteiger partial charge < -0.3 is 10.2 Å². The van der Waals surface area contributed by atoms with Crippen molar-refractivity contribution < 1.29 is 22.4 Å². The van der Waals surface area contributed by atoms with Crippen molar-refractivity contribution in [2.45, 2.75) is 26.4 Å². The van der Waals surface area contributed by atoms with E-state index in [4.69, 9.17) is 11.6 Å². The Kier molecular flexibility index (Phi) is 8.41. The van der Waals surface area contributed by atoms with Crippen LogP contribution in [-0.4, -0.2) is 50.5 Å². The van der Waals surface area contributed by atoms with Gasteiger partial charge >= 0.3 is 0 Å². The van der Waals surface area contributed by atoms with Crippen LogP contribution in [0, 0.1) is 5.82 Å². The number of sulfonamides is 1. The van der Waals surface area contributed by atoms with Crippen molar-refractivity contribution in [3.63, 3.8) is 0 Å². The largest absolute Gasteiger partial charge is 0.355 e. The van der Waals surface area contributed by atoms with Crippen molar-refractivity contribution >= 4 is 39.1 Å². The molecule has 1 atom stereocenters. The number of rotatable bonds is 9. The Hall–Kier alpha value is -2.65. The molecular formula is C21H25ClFN3O4S. The van der Waals surface area contributed by atoms with Gasteiger partial charge in [0.15, 0.2) is 0 Å². The predicted octanol–water partition coefficient (Wildman–Crippen LogP) is 2.80. The number of halogens is 2. The molecular weight excluding hydrogens is 445 g/mol. The molecule has 2 aromatic carbocycles. The third-order valence-electron chi connectivity index (χ3n) is 4.62. The van der Waals surface area contributed by atoms with E-state index in [2.05, 4.69) is 5.32 Å². The van der Waals surface area contributed by atoms with Gasteiger partial charge in [-0.25, -0.2) is 12.8 Å². The van der Waals surface area contributed by atoms with Crippen molar-refractivity contribution in [2.75, 3.05) is 23.7 Å². The van der Waals surface area contributed by atoms with Gasteiger partial charge in [-0.2, -0.15) is 0 Å². The average molecular weight is 470 g/mol. The summed E-state index contributed by atoms with van der Waals surface area (Å²) >= 11 is 6.22. The third-order valence-corrected chi connectivity index (χ3v) is 6.11. The van der Waals surface area contributed by atoms with Gasteiger partial charge in [-0.1, -0.05) is 41.9 Å². The maximum Gasteiger partial charge on any atom is 0.244 e. The Morgan fingerprint density at radius 2 is 1.74 bits per heavy atom. The average Bonchev–Trinajstić information content (AvgIpc) is 2.71. The number of nitrogens with zero attached hydrogens (tertiary/aromatic N) is 2. The first-order chi connectivity index (χ1) is 14.6. The second-order valence-corrected chi connectivity index (χ2v) is 9.22. The van der Waals surface area contributed by atoms with E-state index in [1.165, 1.54) is 30.0 Å². The second-order valence-electron chi connectivity index (χ2n) is 6.90. The van der Waals surface area contributed by atoms with E-state index in [9.17, 15) is 22.4 Å². The summed E-state index contributed by atoms with van der Waals surface area (Å²) in [5.41, 5.74) is 0.340. The molecule has 0 saturated carbocycles. The topological polar surface area (TPSA) is 86.8 Å². The lowest BCUT2D eigenvalue weighted by Crippen LogP contribution is -2.51. The summed E-state index contributed by atoms with van der Waals surface area (Å²) in [5, 5.41) is 3.05. The highest BCUT2D eigenvalue weighted by Crippen LogP contribution is 2.23. The number of hydrogen-bond donors (Lipinski definition) is 1. The van der Waals surface area contributed by atoms with Gasteiger partial charge in [-0.3, -0.25) is 13.9 Å². The molecule has 0 aromatic heterocycles. The van der Waals surface area contributed by atoms with Gasteiger partial charge in [0.2, 0.25) is 21.8 Å². The fourth-order valence-electron chi connectivity index (χ4n) is 2.96. The van der Waals surface area contributed by atoms with Gasteiger partial charge in [0, 0.05) is 18.1 Å². The molecule has 1 N–H and O–H groups in total. The fourth-order valence-corrected chi connectivity index (χ4v) is 4.01. The summed E-state index contributed by atoms with van der Waals surface area (Å²) in [6, 6.07) is 11.2. The highest BCUT2D eigenvalue weighted by Gasteiger charge is 2.31. The zero-order valence-electron chi connectivity index (χ0n) is 17.5. The van der Waals surface area contributed by atoms with Crippen molar-refractivity contribution in [3.05, 3.63) is 64.9 Å². The van der Waals surface area contributed by atoms with E-state index in [-0.39, 0.29) is 12.2 Å². The molecule has 0 fully saturated rings. The van der Waals surface area contributed by atoms with Crippen molar-refractivity contribution in [1.29, 1.82) is 0 Å². The van der Waals surface area contributed by atoms with Crippen LogP contribution in [0.25, 0.3) is 0 Å².